The SMILES string of the molecule is CCCCC/C=C\C/C=C\C/C=C\C/C=C\CCCCCCCC(=O)OCC(O)COP(=O)(O)OCC(O)COP(=O)(O)OCC(O)COC(=O)CCCCCCCCCCC/C=C/CCCCCCCC. The number of phosphoric ester groups is 2. The molecule has 0 radical (unpaired) electrons. The van der Waals surface area contributed by atoms with Crippen LogP contribution in [0.5, 0.6) is 0 Å². The third-order valence-electron chi connectivity index (χ3n) is 11.4. The molecule has 5 unspecified atom stereocenters. The Kier molecular flexibility index (Phi) is 49.3. The van der Waals surface area contributed by atoms with Crippen molar-refractivity contribution in [2.75, 3.05) is 39.6 Å². The summed E-state index contributed by atoms with van der Waals surface area (Å²) in [5, 5.41) is 30.1. The summed E-state index contributed by atoms with van der Waals surface area (Å²) in [6.07, 6.45) is 51.9. The van der Waals surface area contributed by atoms with E-state index in [-0.39, 0.29) is 12.8 Å². The molecule has 0 aromatic carbocycles. The van der Waals surface area contributed by atoms with Crippen molar-refractivity contribution in [3.8, 4) is 0 Å². The lowest BCUT2D eigenvalue weighted by molar-refractivity contribution is -0.148. The van der Waals surface area contributed by atoms with E-state index in [1.807, 2.05) is 0 Å². The minimum Gasteiger partial charge on any atom is -0.463 e. The Hall–Kier alpha value is -2.26. The Balaban J connectivity index is 3.86. The maximum atomic E-state index is 12.2. The van der Waals surface area contributed by atoms with Crippen LogP contribution in [-0.2, 0) is 46.3 Å². The lowest BCUT2D eigenvalue weighted by Crippen LogP contribution is -2.25. The first-order valence-electron chi connectivity index (χ1n) is 27.6. The summed E-state index contributed by atoms with van der Waals surface area (Å²) in [6.45, 7) is 0.390. The number of allylic oxidation sites excluding steroid dienone is 10. The molecule has 0 heterocycles. The molecule has 72 heavy (non-hydrogen) atoms. The summed E-state index contributed by atoms with van der Waals surface area (Å²) >= 11 is 0. The number of esters is 2. The molecule has 5 N–H and O–H groups in total. The van der Waals surface area contributed by atoms with Gasteiger partial charge in [-0.2, -0.15) is 0 Å². The van der Waals surface area contributed by atoms with E-state index < -0.39 is 85.5 Å². The summed E-state index contributed by atoms with van der Waals surface area (Å²) in [4.78, 5) is 43.9. The van der Waals surface area contributed by atoms with Crippen molar-refractivity contribution in [2.45, 2.75) is 238 Å². The first-order valence-corrected chi connectivity index (χ1v) is 30.6. The molecule has 0 aromatic rings. The van der Waals surface area contributed by atoms with Gasteiger partial charge in [0, 0.05) is 12.8 Å². The van der Waals surface area contributed by atoms with E-state index in [0.29, 0.717) is 12.8 Å². The van der Waals surface area contributed by atoms with Gasteiger partial charge in [-0.25, -0.2) is 9.13 Å². The predicted molar refractivity (Wildman–Crippen MR) is 288 cm³/mol. The van der Waals surface area contributed by atoms with Gasteiger partial charge in [-0.15, -0.1) is 0 Å². The second kappa shape index (κ2) is 50.9. The predicted octanol–water partition coefficient (Wildman–Crippen LogP) is 13.7. The highest BCUT2D eigenvalue weighted by molar-refractivity contribution is 7.47. The summed E-state index contributed by atoms with van der Waals surface area (Å²) in [6, 6.07) is 0. The number of carbonyl (C=O) groups is 2. The highest BCUT2D eigenvalue weighted by Crippen LogP contribution is 2.45. The molecule has 0 aliphatic heterocycles. The molecule has 0 saturated carbocycles. The van der Waals surface area contributed by atoms with Crippen LogP contribution in [0.1, 0.15) is 219 Å². The first kappa shape index (κ1) is 69.7. The van der Waals surface area contributed by atoms with E-state index in [2.05, 4.69) is 83.7 Å². The molecular formula is C55H100O15P2. The minimum absolute atomic E-state index is 0.173. The van der Waals surface area contributed by atoms with Crippen molar-refractivity contribution in [1.82, 2.24) is 0 Å². The van der Waals surface area contributed by atoms with Crippen LogP contribution in [0.4, 0.5) is 0 Å². The smallest absolute Gasteiger partial charge is 0.463 e. The number of hydrogen-bond donors (Lipinski definition) is 5. The molecule has 0 bridgehead atoms. The van der Waals surface area contributed by atoms with Crippen molar-refractivity contribution in [3.63, 3.8) is 0 Å². The average molecular weight is 1060 g/mol. The molecular weight excluding hydrogens is 963 g/mol. The zero-order valence-electron chi connectivity index (χ0n) is 44.6. The van der Waals surface area contributed by atoms with Gasteiger partial charge in [0.25, 0.3) is 0 Å². The van der Waals surface area contributed by atoms with Crippen molar-refractivity contribution < 1.29 is 71.4 Å². The number of aliphatic hydroxyl groups excluding tert-OH is 3. The monoisotopic (exact) mass is 1060 g/mol. The highest BCUT2D eigenvalue weighted by atomic mass is 31.2. The number of ether oxygens (including phenoxy) is 2. The lowest BCUT2D eigenvalue weighted by Gasteiger charge is -2.19. The molecule has 0 fully saturated rings. The van der Waals surface area contributed by atoms with E-state index in [4.69, 9.17) is 18.5 Å². The van der Waals surface area contributed by atoms with Crippen LogP contribution in [0.3, 0.4) is 0 Å². The van der Waals surface area contributed by atoms with E-state index in [9.17, 15) is 43.8 Å². The largest absolute Gasteiger partial charge is 0.472 e. The molecule has 0 rings (SSSR count). The van der Waals surface area contributed by atoms with Crippen LogP contribution in [0.25, 0.3) is 0 Å². The van der Waals surface area contributed by atoms with Crippen LogP contribution >= 0.6 is 15.6 Å². The van der Waals surface area contributed by atoms with Gasteiger partial charge in [-0.3, -0.25) is 27.7 Å². The van der Waals surface area contributed by atoms with Gasteiger partial charge in [0.2, 0.25) is 0 Å². The van der Waals surface area contributed by atoms with Gasteiger partial charge in [-0.05, 0) is 83.5 Å². The standard InChI is InChI=1S/C55H100O15P2/c1-3-5-7-9-11-13-15-17-19-21-23-24-26-28-30-32-34-36-38-40-42-44-55(60)66-46-52(57)48-68-72(63,64)70-50-53(58)49-69-71(61,62)67-47-51(56)45-65-54(59)43-41-39-37-35-33-31-29-27-25-22-20-18-16-14-12-10-8-6-4-2/h11,13,17-20,23-24,28,30,51-53,56-58H,3-10,12,14-16,21-22,25-27,29,31-50H2,1-2H3,(H,61,62)(H,63,64)/b13-11-,19-17-,20-18+,24-23-,30-28-. The minimum atomic E-state index is -4.80. The lowest BCUT2D eigenvalue weighted by atomic mass is 10.1. The number of rotatable bonds is 53. The molecule has 17 heteroatoms. The van der Waals surface area contributed by atoms with Gasteiger partial charge in [0.1, 0.15) is 31.5 Å². The Morgan fingerprint density at radius 1 is 0.361 bits per heavy atom. The number of unbranched alkanes of at least 4 members (excludes halogenated alkanes) is 23. The summed E-state index contributed by atoms with van der Waals surface area (Å²) in [5.41, 5.74) is 0. The summed E-state index contributed by atoms with van der Waals surface area (Å²) in [7, 11) is -9.59. The molecule has 0 saturated heterocycles. The fourth-order valence-electron chi connectivity index (χ4n) is 7.13. The molecule has 420 valence electrons. The van der Waals surface area contributed by atoms with E-state index in [0.717, 1.165) is 70.6 Å². The van der Waals surface area contributed by atoms with Crippen molar-refractivity contribution in [2.24, 2.45) is 0 Å². The van der Waals surface area contributed by atoms with Crippen molar-refractivity contribution >= 4 is 27.6 Å². The fourth-order valence-corrected chi connectivity index (χ4v) is 8.72. The second-order valence-electron chi connectivity index (χ2n) is 18.6. The van der Waals surface area contributed by atoms with Gasteiger partial charge >= 0.3 is 27.6 Å². The van der Waals surface area contributed by atoms with Gasteiger partial charge < -0.3 is 34.6 Å². The van der Waals surface area contributed by atoms with Crippen LogP contribution in [-0.4, -0.2) is 95.0 Å². The maximum absolute atomic E-state index is 12.2. The number of hydrogen-bond acceptors (Lipinski definition) is 13. The quantitative estimate of drug-likeness (QED) is 0.0165. The van der Waals surface area contributed by atoms with E-state index in [1.54, 1.807) is 0 Å². The fraction of sp³-hybridized carbons (Fsp3) is 0.782. The van der Waals surface area contributed by atoms with Gasteiger partial charge in [0.15, 0.2) is 0 Å². The third kappa shape index (κ3) is 52.6. The van der Waals surface area contributed by atoms with Crippen LogP contribution in [0.15, 0.2) is 60.8 Å². The molecule has 0 aliphatic carbocycles. The molecule has 5 atom stereocenters. The normalized spacial score (nSPS) is 15.3. The van der Waals surface area contributed by atoms with Gasteiger partial charge in [0.05, 0.1) is 26.4 Å². The second-order valence-corrected chi connectivity index (χ2v) is 21.5. The van der Waals surface area contributed by atoms with Crippen molar-refractivity contribution in [3.05, 3.63) is 60.8 Å². The third-order valence-corrected chi connectivity index (χ3v) is 13.3. The van der Waals surface area contributed by atoms with Crippen LogP contribution in [0, 0.1) is 0 Å². The molecule has 0 aromatic heterocycles. The topological polar surface area (TPSA) is 225 Å². The Morgan fingerprint density at radius 3 is 0.931 bits per heavy atom. The van der Waals surface area contributed by atoms with E-state index >= 15 is 0 Å². The number of phosphoric acid groups is 2. The molecule has 0 aliphatic rings. The van der Waals surface area contributed by atoms with Crippen LogP contribution in [0.2, 0.25) is 0 Å². The van der Waals surface area contributed by atoms with Crippen molar-refractivity contribution in [1.29, 1.82) is 0 Å². The number of carbonyl (C=O) groups excluding carboxylic acids is 2. The Labute approximate surface area is 435 Å². The first-order chi connectivity index (χ1) is 34.8. The summed E-state index contributed by atoms with van der Waals surface area (Å²) in [5.74, 6) is -1.01. The Morgan fingerprint density at radius 2 is 0.597 bits per heavy atom. The van der Waals surface area contributed by atoms with Gasteiger partial charge in [-0.1, -0.05) is 184 Å². The zero-order chi connectivity index (χ0) is 53.1. The zero-order valence-corrected chi connectivity index (χ0v) is 46.4. The Bertz CT molecular complexity index is 1520. The van der Waals surface area contributed by atoms with Crippen LogP contribution < -0.4 is 0 Å². The highest BCUT2D eigenvalue weighted by Gasteiger charge is 2.28. The summed E-state index contributed by atoms with van der Waals surface area (Å²) < 4.78 is 53.2. The molecule has 0 amide bonds. The number of aliphatic hydroxyl groups is 3. The maximum Gasteiger partial charge on any atom is 0.472 e. The van der Waals surface area contributed by atoms with E-state index in [1.165, 1.54) is 109 Å². The average Bonchev–Trinajstić information content (AvgIpc) is 3.36. The molecule has 15 nitrogen and oxygen atoms in total. The molecule has 0 spiro atoms.